The van der Waals surface area contributed by atoms with E-state index in [9.17, 15) is 19.1 Å². The summed E-state index contributed by atoms with van der Waals surface area (Å²) in [5.74, 6) is -0.352. The second-order valence-electron chi connectivity index (χ2n) is 10.0. The largest absolute Gasteiger partial charge is 0.507 e. The second kappa shape index (κ2) is 11.2. The molecule has 3 aromatic carbocycles. The number of aromatic hydroxyl groups is 1. The van der Waals surface area contributed by atoms with Crippen LogP contribution in [0.2, 0.25) is 0 Å². The van der Waals surface area contributed by atoms with Gasteiger partial charge in [0.05, 0.1) is 7.11 Å². The van der Waals surface area contributed by atoms with Gasteiger partial charge in [-0.15, -0.1) is 0 Å². The number of nitrogens with zero attached hydrogens (tertiary/aromatic N) is 2. The van der Waals surface area contributed by atoms with Gasteiger partial charge < -0.3 is 20.1 Å². The Morgan fingerprint density at radius 1 is 1.08 bits per heavy atom. The minimum atomic E-state index is -0.270. The van der Waals surface area contributed by atoms with Crippen LogP contribution in [0.4, 0.5) is 4.39 Å². The third kappa shape index (κ3) is 5.81. The van der Waals surface area contributed by atoms with E-state index in [1.807, 2.05) is 12.1 Å². The van der Waals surface area contributed by atoms with Crippen LogP contribution in [0.5, 0.6) is 11.5 Å². The number of amides is 2. The van der Waals surface area contributed by atoms with Crippen molar-refractivity contribution >= 4 is 22.6 Å². The zero-order valence-corrected chi connectivity index (χ0v) is 21.5. The number of carbonyl (C=O) groups is 2. The molecule has 1 unspecified atom stereocenters. The normalized spacial score (nSPS) is 18.0. The maximum absolute atomic E-state index is 13.4. The second-order valence-corrected chi connectivity index (χ2v) is 10.0. The van der Waals surface area contributed by atoms with Crippen molar-refractivity contribution in [1.29, 1.82) is 0 Å². The highest BCUT2D eigenvalue weighted by Crippen LogP contribution is 2.30. The molecule has 0 radical (unpaired) electrons. The number of hydrogen-bond donors (Lipinski definition) is 2. The van der Waals surface area contributed by atoms with Gasteiger partial charge in [0.1, 0.15) is 22.9 Å². The molecule has 5 rings (SSSR count). The van der Waals surface area contributed by atoms with Crippen LogP contribution in [-0.2, 0) is 11.3 Å². The number of nitrogens with one attached hydrogen (secondary N) is 1. The number of piperidine rings is 1. The van der Waals surface area contributed by atoms with E-state index in [0.29, 0.717) is 31.7 Å². The molecule has 8 heteroatoms. The molecule has 0 aliphatic carbocycles. The first-order chi connectivity index (χ1) is 18.4. The molecular weight excluding hydrogens is 485 g/mol. The molecule has 2 aliphatic rings. The van der Waals surface area contributed by atoms with Gasteiger partial charge in [0, 0.05) is 44.8 Å². The number of phenolic OH excluding ortho intramolecular Hbond substituents is 1. The number of methoxy groups -OCH3 is 1. The number of carbonyl (C=O) groups excluding carboxylic acids is 2. The summed E-state index contributed by atoms with van der Waals surface area (Å²) in [6.07, 6.45) is 3.78. The molecule has 2 fully saturated rings. The summed E-state index contributed by atoms with van der Waals surface area (Å²) in [5, 5.41) is 15.2. The fraction of sp³-hybridized carbons (Fsp3) is 0.333. The first-order valence-corrected chi connectivity index (χ1v) is 13.0. The molecule has 0 spiro atoms. The highest BCUT2D eigenvalue weighted by molar-refractivity contribution is 5.99. The quantitative estimate of drug-likeness (QED) is 0.478. The molecule has 7 nitrogen and oxygen atoms in total. The fourth-order valence-corrected chi connectivity index (χ4v) is 5.35. The average molecular weight is 518 g/mol. The fourth-order valence-electron chi connectivity index (χ4n) is 5.35. The molecule has 38 heavy (non-hydrogen) atoms. The zero-order chi connectivity index (χ0) is 26.6. The minimum Gasteiger partial charge on any atom is -0.507 e. The SMILES string of the molecule is COc1cccc(O)c1C(=O)N1CCC(=CC(=O)NC2CCN(Cc3ccc4cc(F)ccc4c3)C2)CC1. The standard InChI is InChI=1S/C30H32FN3O4/c1-38-27-4-2-3-26(35)29(27)30(37)34-13-9-20(10-14-34)16-28(36)32-25-11-12-33(19-25)18-21-5-6-23-17-24(31)8-7-22(23)15-21/h2-8,15-17,25,35H,9-14,18-19H2,1H3,(H,32,36). The molecule has 1 atom stereocenters. The van der Waals surface area contributed by atoms with Gasteiger partial charge in [0.15, 0.2) is 0 Å². The van der Waals surface area contributed by atoms with Gasteiger partial charge in [-0.2, -0.15) is 0 Å². The Bertz CT molecular complexity index is 1380. The number of fused-ring (bicyclic) bond motifs is 1. The average Bonchev–Trinajstić information content (AvgIpc) is 3.34. The van der Waals surface area contributed by atoms with Gasteiger partial charge in [-0.3, -0.25) is 14.5 Å². The summed E-state index contributed by atoms with van der Waals surface area (Å²) in [6, 6.07) is 15.8. The van der Waals surface area contributed by atoms with Crippen LogP contribution < -0.4 is 10.1 Å². The van der Waals surface area contributed by atoms with Crippen molar-refractivity contribution in [3.05, 3.63) is 83.2 Å². The number of phenols is 1. The summed E-state index contributed by atoms with van der Waals surface area (Å²) < 4.78 is 18.7. The van der Waals surface area contributed by atoms with Gasteiger partial charge in [0.2, 0.25) is 5.91 Å². The van der Waals surface area contributed by atoms with Crippen LogP contribution in [0.15, 0.2) is 66.2 Å². The van der Waals surface area contributed by atoms with Crippen LogP contribution in [0.1, 0.15) is 35.2 Å². The van der Waals surface area contributed by atoms with Crippen molar-refractivity contribution in [3.63, 3.8) is 0 Å². The third-order valence-electron chi connectivity index (χ3n) is 7.36. The van der Waals surface area contributed by atoms with E-state index in [1.54, 1.807) is 35.2 Å². The van der Waals surface area contributed by atoms with Crippen LogP contribution in [0.25, 0.3) is 10.8 Å². The lowest BCUT2D eigenvalue weighted by atomic mass is 10.0. The summed E-state index contributed by atoms with van der Waals surface area (Å²) in [4.78, 5) is 29.7. The van der Waals surface area contributed by atoms with Crippen molar-refractivity contribution in [2.24, 2.45) is 0 Å². The van der Waals surface area contributed by atoms with E-state index in [-0.39, 0.29) is 35.0 Å². The van der Waals surface area contributed by atoms with Crippen molar-refractivity contribution in [1.82, 2.24) is 15.1 Å². The molecule has 0 saturated carbocycles. The first-order valence-electron chi connectivity index (χ1n) is 13.0. The maximum atomic E-state index is 13.4. The molecule has 0 aromatic heterocycles. The molecule has 198 valence electrons. The lowest BCUT2D eigenvalue weighted by molar-refractivity contribution is -0.117. The molecule has 2 saturated heterocycles. The van der Waals surface area contributed by atoms with E-state index in [2.05, 4.69) is 16.3 Å². The van der Waals surface area contributed by atoms with Crippen LogP contribution in [-0.4, -0.2) is 66.1 Å². The molecule has 2 amide bonds. The molecular formula is C30H32FN3O4. The Labute approximate surface area is 221 Å². The molecule has 3 aromatic rings. The maximum Gasteiger partial charge on any atom is 0.261 e. The summed E-state index contributed by atoms with van der Waals surface area (Å²) in [5.41, 5.74) is 2.35. The van der Waals surface area contributed by atoms with E-state index >= 15 is 0 Å². The van der Waals surface area contributed by atoms with Crippen molar-refractivity contribution in [2.75, 3.05) is 33.3 Å². The van der Waals surface area contributed by atoms with Crippen LogP contribution >= 0.6 is 0 Å². The third-order valence-corrected chi connectivity index (χ3v) is 7.36. The molecule has 2 heterocycles. The highest BCUT2D eigenvalue weighted by Gasteiger charge is 2.27. The number of likely N-dealkylation sites (tertiary alicyclic amines) is 2. The number of hydrogen-bond acceptors (Lipinski definition) is 5. The van der Waals surface area contributed by atoms with Gasteiger partial charge >= 0.3 is 0 Å². The summed E-state index contributed by atoms with van der Waals surface area (Å²) in [7, 11) is 1.47. The van der Waals surface area contributed by atoms with Gasteiger partial charge in [-0.1, -0.05) is 29.8 Å². The minimum absolute atomic E-state index is 0.0871. The van der Waals surface area contributed by atoms with Crippen molar-refractivity contribution in [3.8, 4) is 11.5 Å². The molecule has 2 N–H and O–H groups in total. The van der Waals surface area contributed by atoms with Gasteiger partial charge in [-0.25, -0.2) is 4.39 Å². The summed E-state index contributed by atoms with van der Waals surface area (Å²) >= 11 is 0. The Balaban J connectivity index is 1.11. The van der Waals surface area contributed by atoms with Crippen molar-refractivity contribution < 1.29 is 23.8 Å². The van der Waals surface area contributed by atoms with Gasteiger partial charge in [-0.05, 0) is 65.9 Å². The topological polar surface area (TPSA) is 82.1 Å². The number of halogens is 1. The lowest BCUT2D eigenvalue weighted by Gasteiger charge is -2.29. The monoisotopic (exact) mass is 517 g/mol. The Hall–Kier alpha value is -3.91. The van der Waals surface area contributed by atoms with E-state index in [0.717, 1.165) is 42.4 Å². The van der Waals surface area contributed by atoms with Crippen LogP contribution in [0, 0.1) is 5.82 Å². The number of benzene rings is 3. The Kier molecular flexibility index (Phi) is 7.60. The lowest BCUT2D eigenvalue weighted by Crippen LogP contribution is -2.38. The van der Waals surface area contributed by atoms with Crippen LogP contribution in [0.3, 0.4) is 0 Å². The van der Waals surface area contributed by atoms with Crippen molar-refractivity contribution in [2.45, 2.75) is 31.8 Å². The molecule has 0 bridgehead atoms. The smallest absolute Gasteiger partial charge is 0.261 e. The van der Waals surface area contributed by atoms with Gasteiger partial charge in [0.25, 0.3) is 5.91 Å². The van der Waals surface area contributed by atoms with E-state index < -0.39 is 0 Å². The predicted molar refractivity (Wildman–Crippen MR) is 144 cm³/mol. The zero-order valence-electron chi connectivity index (χ0n) is 21.5. The molecule has 2 aliphatic heterocycles. The Morgan fingerprint density at radius 3 is 2.63 bits per heavy atom. The van der Waals surface area contributed by atoms with E-state index in [1.165, 1.54) is 24.8 Å². The highest BCUT2D eigenvalue weighted by atomic mass is 19.1. The Morgan fingerprint density at radius 2 is 1.84 bits per heavy atom. The first kappa shape index (κ1) is 25.7. The number of rotatable bonds is 6. The number of ether oxygens (including phenoxy) is 1. The predicted octanol–water partition coefficient (Wildman–Crippen LogP) is 4.25. The summed E-state index contributed by atoms with van der Waals surface area (Å²) in [6.45, 7) is 3.42. The van der Waals surface area contributed by atoms with E-state index in [4.69, 9.17) is 4.74 Å².